The van der Waals surface area contributed by atoms with Crippen molar-refractivity contribution in [2.45, 2.75) is 88.4 Å². The lowest BCUT2D eigenvalue weighted by Crippen LogP contribution is -2.68. The SMILES string of the molecule is CC(=O)Nc1cc(C(=O)N[C@@H]2O[C@H](COC(=O)c3ccccc3)[C@@H](O[C@H]3O[C@@H]4COC(c5ccccc5)O[C@H]4[C@H](O)[C@H]3OC(C)=O)[C@H](O)[C@H]2OC(C)=O)ccc1Cl.NC(=O)c1ccccc1Cl. The van der Waals surface area contributed by atoms with Gasteiger partial charge in [0, 0.05) is 31.9 Å². The van der Waals surface area contributed by atoms with Gasteiger partial charge in [0.15, 0.2) is 31.0 Å². The number of anilines is 1. The second-order valence-electron chi connectivity index (χ2n) is 15.2. The largest absolute Gasteiger partial charge is 0.459 e. The third-order valence-electron chi connectivity index (χ3n) is 10.3. The highest BCUT2D eigenvalue weighted by Crippen LogP contribution is 2.37. The van der Waals surface area contributed by atoms with Crippen LogP contribution >= 0.6 is 23.2 Å². The van der Waals surface area contributed by atoms with Crippen LogP contribution in [0, 0.1) is 0 Å². The maximum absolute atomic E-state index is 13.6. The van der Waals surface area contributed by atoms with E-state index in [1.807, 2.05) is 6.07 Å². The number of rotatable bonds is 12. The average Bonchev–Trinajstić information content (AvgIpc) is 3.30. The summed E-state index contributed by atoms with van der Waals surface area (Å²) >= 11 is 11.8. The molecule has 3 amide bonds. The van der Waals surface area contributed by atoms with Crippen LogP contribution in [0.1, 0.15) is 63.7 Å². The van der Waals surface area contributed by atoms with Crippen molar-refractivity contribution in [3.63, 3.8) is 0 Å². The molecule has 0 bridgehead atoms. The second-order valence-corrected chi connectivity index (χ2v) is 16.0. The highest BCUT2D eigenvalue weighted by atomic mass is 35.5. The molecule has 21 heteroatoms. The number of aliphatic hydroxyl groups excluding tert-OH is 2. The van der Waals surface area contributed by atoms with Gasteiger partial charge in [-0.2, -0.15) is 0 Å². The number of esters is 3. The molecule has 67 heavy (non-hydrogen) atoms. The lowest BCUT2D eigenvalue weighted by Gasteiger charge is -2.49. The minimum Gasteiger partial charge on any atom is -0.459 e. The van der Waals surface area contributed by atoms with Gasteiger partial charge in [0.25, 0.3) is 5.91 Å². The van der Waals surface area contributed by atoms with Crippen molar-refractivity contribution in [3.8, 4) is 0 Å². The fourth-order valence-corrected chi connectivity index (χ4v) is 7.63. The summed E-state index contributed by atoms with van der Waals surface area (Å²) < 4.78 is 47.1. The number of carbonyl (C=O) groups excluding carboxylic acids is 6. The molecule has 19 nitrogen and oxygen atoms in total. The topological polar surface area (TPSA) is 267 Å². The molecule has 4 aromatic carbocycles. The van der Waals surface area contributed by atoms with E-state index in [-0.39, 0.29) is 28.4 Å². The standard InChI is InChI=1S/C39H41ClN2O15.C7H6ClNO/c1-19(43)41-26-16-24(14-15-25(26)40)35(48)42-36-33(52-20(2)44)29(46)31(27(54-36)17-50-37(49)22-10-6-4-7-11-22)57-39-34(53-21(3)45)30(47)32-28(55-39)18-51-38(56-32)23-12-8-5-9-13-23;8-6-4-2-1-3-5(6)7(9)10/h4-16,27-34,36,38-39,46-47H,17-18H2,1-3H3,(H,41,43)(H,42,48);1-4H,(H2,9,10)/t27-,28-,29+,30+,31-,32-,33-,34-,36-,38?,39-;/m1./s1. The molecule has 11 atom stereocenters. The quantitative estimate of drug-likeness (QED) is 0.0997. The molecule has 0 radical (unpaired) electrons. The van der Waals surface area contributed by atoms with E-state index in [9.17, 15) is 39.0 Å². The molecule has 356 valence electrons. The zero-order chi connectivity index (χ0) is 48.4. The minimum absolute atomic E-state index is 0.00281. The number of fused-ring (bicyclic) bond motifs is 1. The number of aliphatic hydroxyl groups is 2. The first-order chi connectivity index (χ1) is 32.0. The highest BCUT2D eigenvalue weighted by molar-refractivity contribution is 6.34. The molecule has 1 unspecified atom stereocenters. The summed E-state index contributed by atoms with van der Waals surface area (Å²) in [6.07, 6.45) is -15.7. The number of amides is 3. The third-order valence-corrected chi connectivity index (χ3v) is 10.9. The van der Waals surface area contributed by atoms with E-state index in [4.69, 9.17) is 66.8 Å². The summed E-state index contributed by atoms with van der Waals surface area (Å²) in [5.74, 6) is -4.18. The van der Waals surface area contributed by atoms with Crippen LogP contribution in [0.3, 0.4) is 0 Å². The lowest BCUT2D eigenvalue weighted by atomic mass is 9.95. The van der Waals surface area contributed by atoms with Gasteiger partial charge in [-0.05, 0) is 42.5 Å². The van der Waals surface area contributed by atoms with Crippen LogP contribution in [-0.4, -0.2) is 120 Å². The minimum atomic E-state index is -1.84. The van der Waals surface area contributed by atoms with E-state index < -0.39 is 110 Å². The monoisotopic (exact) mass is 967 g/mol. The molecule has 0 aliphatic carbocycles. The molecule has 0 aromatic heterocycles. The summed E-state index contributed by atoms with van der Waals surface area (Å²) in [6, 6.07) is 27.7. The fraction of sp³-hybridized carbons (Fsp3) is 0.348. The first-order valence-electron chi connectivity index (χ1n) is 20.6. The van der Waals surface area contributed by atoms with Gasteiger partial charge in [-0.15, -0.1) is 0 Å². The number of hydrogen-bond acceptors (Lipinski definition) is 16. The molecule has 0 saturated carbocycles. The van der Waals surface area contributed by atoms with Crippen molar-refractivity contribution in [2.24, 2.45) is 5.73 Å². The van der Waals surface area contributed by atoms with E-state index in [1.54, 1.807) is 66.7 Å². The number of nitrogens with two attached hydrogens (primary N) is 1. The predicted octanol–water partition coefficient (Wildman–Crippen LogP) is 3.86. The molecule has 6 N–H and O–H groups in total. The van der Waals surface area contributed by atoms with Gasteiger partial charge in [-0.1, -0.05) is 83.9 Å². The van der Waals surface area contributed by atoms with E-state index in [0.29, 0.717) is 16.1 Å². The van der Waals surface area contributed by atoms with Crippen LogP contribution in [0.2, 0.25) is 10.0 Å². The average molecular weight is 969 g/mol. The van der Waals surface area contributed by atoms with Crippen molar-refractivity contribution >= 4 is 64.5 Å². The van der Waals surface area contributed by atoms with Crippen molar-refractivity contribution in [1.82, 2.24) is 5.32 Å². The first-order valence-corrected chi connectivity index (χ1v) is 21.4. The van der Waals surface area contributed by atoms with E-state index >= 15 is 0 Å². The predicted molar refractivity (Wildman–Crippen MR) is 235 cm³/mol. The van der Waals surface area contributed by atoms with Crippen molar-refractivity contribution in [2.75, 3.05) is 18.5 Å². The summed E-state index contributed by atoms with van der Waals surface area (Å²) in [6.45, 7) is 2.76. The van der Waals surface area contributed by atoms with Crippen LogP contribution in [0.15, 0.2) is 103 Å². The number of ether oxygens (including phenoxy) is 8. The molecule has 3 saturated heterocycles. The Bertz CT molecular complexity index is 2400. The van der Waals surface area contributed by atoms with Gasteiger partial charge in [0.05, 0.1) is 33.5 Å². The number of carbonyl (C=O) groups is 6. The zero-order valence-corrected chi connectivity index (χ0v) is 37.5. The molecular formula is C46H47Cl2N3O16. The Morgan fingerprint density at radius 3 is 2.00 bits per heavy atom. The maximum Gasteiger partial charge on any atom is 0.338 e. The number of nitrogens with one attached hydrogen (secondary N) is 2. The van der Waals surface area contributed by atoms with Gasteiger partial charge in [0.2, 0.25) is 11.8 Å². The van der Waals surface area contributed by atoms with Crippen LogP contribution in [0.4, 0.5) is 5.69 Å². The van der Waals surface area contributed by atoms with Gasteiger partial charge < -0.3 is 64.5 Å². The molecule has 4 aromatic rings. The molecular weight excluding hydrogens is 921 g/mol. The van der Waals surface area contributed by atoms with E-state index in [1.165, 1.54) is 37.3 Å². The number of benzene rings is 4. The Balaban J connectivity index is 0.000000656. The summed E-state index contributed by atoms with van der Waals surface area (Å²) in [7, 11) is 0. The highest BCUT2D eigenvalue weighted by Gasteiger charge is 2.55. The van der Waals surface area contributed by atoms with Crippen molar-refractivity contribution < 1.29 is 76.9 Å². The third kappa shape index (κ3) is 13.1. The summed E-state index contributed by atoms with van der Waals surface area (Å²) in [4.78, 5) is 73.6. The Kier molecular flexibility index (Phi) is 17.4. The Morgan fingerprint density at radius 1 is 0.731 bits per heavy atom. The van der Waals surface area contributed by atoms with Crippen LogP contribution in [0.5, 0.6) is 0 Å². The number of halogens is 2. The summed E-state index contributed by atoms with van der Waals surface area (Å²) in [5, 5.41) is 29.1. The van der Waals surface area contributed by atoms with Crippen LogP contribution in [-0.2, 0) is 52.3 Å². The van der Waals surface area contributed by atoms with Gasteiger partial charge in [-0.25, -0.2) is 4.79 Å². The number of primary amides is 1. The summed E-state index contributed by atoms with van der Waals surface area (Å²) in [5.41, 5.74) is 6.36. The van der Waals surface area contributed by atoms with Crippen molar-refractivity contribution in [3.05, 3.63) is 135 Å². The lowest BCUT2D eigenvalue weighted by molar-refractivity contribution is -0.379. The van der Waals surface area contributed by atoms with E-state index in [2.05, 4.69) is 10.6 Å². The number of hydrogen-bond donors (Lipinski definition) is 5. The molecule has 3 aliphatic heterocycles. The molecule has 3 aliphatic rings. The molecule has 3 heterocycles. The normalized spacial score (nSPS) is 26.5. The molecule has 0 spiro atoms. The fourth-order valence-electron chi connectivity index (χ4n) is 7.24. The molecule has 3 fully saturated rings. The zero-order valence-electron chi connectivity index (χ0n) is 36.0. The van der Waals surface area contributed by atoms with Crippen molar-refractivity contribution in [1.29, 1.82) is 0 Å². The smallest absolute Gasteiger partial charge is 0.338 e. The second kappa shape index (κ2) is 23.1. The Hall–Kier alpha value is -6.00. The maximum atomic E-state index is 13.6. The molecule has 7 rings (SSSR count). The van der Waals surface area contributed by atoms with Gasteiger partial charge >= 0.3 is 17.9 Å². The Morgan fingerprint density at radius 2 is 1.37 bits per heavy atom. The van der Waals surface area contributed by atoms with Crippen LogP contribution in [0.25, 0.3) is 0 Å². The van der Waals surface area contributed by atoms with Gasteiger partial charge in [0.1, 0.15) is 43.2 Å². The van der Waals surface area contributed by atoms with Crippen LogP contribution < -0.4 is 16.4 Å². The first kappa shape index (κ1) is 50.4. The Labute approximate surface area is 393 Å². The van der Waals surface area contributed by atoms with E-state index in [0.717, 1.165) is 13.8 Å². The van der Waals surface area contributed by atoms with Gasteiger partial charge in [-0.3, -0.25) is 24.0 Å².